The first-order valence-corrected chi connectivity index (χ1v) is 20.3. The maximum absolute atomic E-state index is 5.13. The van der Waals surface area contributed by atoms with E-state index in [9.17, 15) is 0 Å². The molecule has 280 valence electrons. The third-order valence-corrected chi connectivity index (χ3v) is 11.8. The summed E-state index contributed by atoms with van der Waals surface area (Å²) < 4.78 is 4.70. The minimum atomic E-state index is 0.631. The number of hydrogen-bond donors (Lipinski definition) is 0. The van der Waals surface area contributed by atoms with E-state index in [-0.39, 0.29) is 0 Å². The molecule has 0 saturated carbocycles. The van der Waals surface area contributed by atoms with Crippen molar-refractivity contribution >= 4 is 54.4 Å². The van der Waals surface area contributed by atoms with E-state index < -0.39 is 0 Å². The summed E-state index contributed by atoms with van der Waals surface area (Å²) in [4.78, 5) is 15.2. The van der Waals surface area contributed by atoms with Gasteiger partial charge in [-0.25, -0.2) is 15.0 Å². The molecule has 60 heavy (non-hydrogen) atoms. The third-order valence-electron chi connectivity index (χ3n) is 11.8. The number of para-hydroxylation sites is 3. The molecule has 3 aromatic heterocycles. The highest BCUT2D eigenvalue weighted by atomic mass is 15.0. The SMILES string of the molecule is c1ccc(-c2nc(-c3ccc(-c4ccc(-n5c6ccccc6c6c7ccccc7ccc65)cc4)cc3)nc(-c3ccc4c(c3)c3ccccc3n4-c3ccccc3)n2)cc1. The number of rotatable bonds is 6. The molecule has 12 aromatic rings. The molecule has 5 heteroatoms. The van der Waals surface area contributed by atoms with Gasteiger partial charge in [-0.3, -0.25) is 0 Å². The van der Waals surface area contributed by atoms with Crippen LogP contribution in [0.25, 0.3) is 111 Å². The molecule has 0 spiro atoms. The van der Waals surface area contributed by atoms with Crippen molar-refractivity contribution in [3.63, 3.8) is 0 Å². The van der Waals surface area contributed by atoms with Gasteiger partial charge in [0.05, 0.1) is 22.1 Å². The molecule has 0 bridgehead atoms. The van der Waals surface area contributed by atoms with Gasteiger partial charge in [0.1, 0.15) is 0 Å². The van der Waals surface area contributed by atoms with Gasteiger partial charge in [0.15, 0.2) is 17.5 Å². The highest BCUT2D eigenvalue weighted by molar-refractivity contribution is 6.21. The Balaban J connectivity index is 0.921. The maximum Gasteiger partial charge on any atom is 0.164 e. The Bertz CT molecular complexity index is 3570. The minimum absolute atomic E-state index is 0.631. The Morgan fingerprint density at radius 3 is 1.43 bits per heavy atom. The predicted molar refractivity (Wildman–Crippen MR) is 248 cm³/mol. The van der Waals surface area contributed by atoms with Gasteiger partial charge in [-0.1, -0.05) is 152 Å². The fourth-order valence-electron chi connectivity index (χ4n) is 8.95. The van der Waals surface area contributed by atoms with Gasteiger partial charge >= 0.3 is 0 Å². The van der Waals surface area contributed by atoms with E-state index in [0.717, 1.165) is 55.6 Å². The molecule has 0 aliphatic heterocycles. The van der Waals surface area contributed by atoms with Crippen LogP contribution in [0.15, 0.2) is 212 Å². The highest BCUT2D eigenvalue weighted by Gasteiger charge is 2.18. The molecule has 0 aliphatic carbocycles. The van der Waals surface area contributed by atoms with E-state index >= 15 is 0 Å². The second kappa shape index (κ2) is 13.8. The minimum Gasteiger partial charge on any atom is -0.309 e. The maximum atomic E-state index is 5.13. The Kier molecular flexibility index (Phi) is 7.78. The van der Waals surface area contributed by atoms with Crippen molar-refractivity contribution in [3.8, 4) is 56.7 Å². The van der Waals surface area contributed by atoms with Crippen LogP contribution in [0.5, 0.6) is 0 Å². The van der Waals surface area contributed by atoms with Crippen LogP contribution in [-0.4, -0.2) is 24.1 Å². The van der Waals surface area contributed by atoms with Crippen LogP contribution in [0, 0.1) is 0 Å². The molecular weight excluding hydrogens is 731 g/mol. The zero-order chi connectivity index (χ0) is 39.6. The zero-order valence-electron chi connectivity index (χ0n) is 32.4. The first kappa shape index (κ1) is 33.9. The molecule has 0 N–H and O–H groups in total. The molecule has 0 fully saturated rings. The second-order valence-electron chi connectivity index (χ2n) is 15.2. The molecular formula is C55H35N5. The lowest BCUT2D eigenvalue weighted by molar-refractivity contribution is 1.07. The van der Waals surface area contributed by atoms with Crippen LogP contribution in [0.1, 0.15) is 0 Å². The van der Waals surface area contributed by atoms with Crippen molar-refractivity contribution in [2.45, 2.75) is 0 Å². The number of benzene rings is 9. The van der Waals surface area contributed by atoms with Gasteiger partial charge in [0.25, 0.3) is 0 Å². The Morgan fingerprint density at radius 2 is 0.717 bits per heavy atom. The number of aromatic nitrogens is 5. The summed E-state index contributed by atoms with van der Waals surface area (Å²) in [5.41, 5.74) is 12.0. The Hall–Kier alpha value is -8.15. The van der Waals surface area contributed by atoms with Crippen molar-refractivity contribution in [1.29, 1.82) is 0 Å². The van der Waals surface area contributed by atoms with Gasteiger partial charge < -0.3 is 9.13 Å². The first-order chi connectivity index (χ1) is 29.7. The van der Waals surface area contributed by atoms with Gasteiger partial charge in [0.2, 0.25) is 0 Å². The number of nitrogens with zero attached hydrogens (tertiary/aromatic N) is 5. The van der Waals surface area contributed by atoms with E-state index in [1.165, 1.54) is 38.0 Å². The van der Waals surface area contributed by atoms with Crippen LogP contribution in [0.3, 0.4) is 0 Å². The van der Waals surface area contributed by atoms with Gasteiger partial charge in [-0.2, -0.15) is 0 Å². The Morgan fingerprint density at radius 1 is 0.267 bits per heavy atom. The van der Waals surface area contributed by atoms with Crippen LogP contribution < -0.4 is 0 Å². The quantitative estimate of drug-likeness (QED) is 0.169. The standard InChI is InChI=1S/C55H35N5/c1-3-14-39(15-4-1)53-56-54(58-55(57-53)41-30-33-50-47(35-41)45-19-9-11-21-48(45)59(50)42-16-5-2-6-17-42)40-25-23-36(24-26-40)37-27-31-43(32-28-37)60-49-22-12-10-20-46(49)52-44-18-8-7-13-38(44)29-34-51(52)60/h1-35H. The highest BCUT2D eigenvalue weighted by Crippen LogP contribution is 2.38. The predicted octanol–water partition coefficient (Wildman–Crippen LogP) is 13.9. The normalized spacial score (nSPS) is 11.7. The molecule has 9 aromatic carbocycles. The summed E-state index contributed by atoms with van der Waals surface area (Å²) in [6, 6.07) is 75.1. The van der Waals surface area contributed by atoms with E-state index in [1.54, 1.807) is 0 Å². The van der Waals surface area contributed by atoms with Crippen LogP contribution in [0.2, 0.25) is 0 Å². The molecule has 0 amide bonds. The van der Waals surface area contributed by atoms with Crippen molar-refractivity contribution in [2.75, 3.05) is 0 Å². The molecule has 3 heterocycles. The van der Waals surface area contributed by atoms with E-state index in [0.29, 0.717) is 17.5 Å². The number of hydrogen-bond acceptors (Lipinski definition) is 3. The lowest BCUT2D eigenvalue weighted by Gasteiger charge is -2.11. The summed E-state index contributed by atoms with van der Waals surface area (Å²) in [5.74, 6) is 1.90. The second-order valence-corrected chi connectivity index (χ2v) is 15.2. The molecule has 0 atom stereocenters. The van der Waals surface area contributed by atoms with Gasteiger partial charge in [-0.05, 0) is 82.6 Å². The molecule has 12 rings (SSSR count). The first-order valence-electron chi connectivity index (χ1n) is 20.3. The van der Waals surface area contributed by atoms with Crippen LogP contribution >= 0.6 is 0 Å². The van der Waals surface area contributed by atoms with Gasteiger partial charge in [-0.15, -0.1) is 0 Å². The van der Waals surface area contributed by atoms with Crippen molar-refractivity contribution < 1.29 is 0 Å². The number of fused-ring (bicyclic) bond motifs is 8. The average Bonchev–Trinajstić information content (AvgIpc) is 3.85. The molecule has 0 saturated heterocycles. The summed E-state index contributed by atoms with van der Waals surface area (Å²) >= 11 is 0. The van der Waals surface area contributed by atoms with Crippen molar-refractivity contribution in [1.82, 2.24) is 24.1 Å². The van der Waals surface area contributed by atoms with Crippen LogP contribution in [0.4, 0.5) is 0 Å². The molecule has 0 radical (unpaired) electrons. The fourth-order valence-corrected chi connectivity index (χ4v) is 8.95. The van der Waals surface area contributed by atoms with Crippen LogP contribution in [-0.2, 0) is 0 Å². The van der Waals surface area contributed by atoms with Gasteiger partial charge in [0, 0.05) is 49.6 Å². The van der Waals surface area contributed by atoms with Crippen molar-refractivity contribution in [3.05, 3.63) is 212 Å². The largest absolute Gasteiger partial charge is 0.309 e. The van der Waals surface area contributed by atoms with E-state index in [1.807, 2.05) is 30.3 Å². The monoisotopic (exact) mass is 765 g/mol. The molecule has 5 nitrogen and oxygen atoms in total. The lowest BCUT2D eigenvalue weighted by Crippen LogP contribution is -2.00. The fraction of sp³-hybridized carbons (Fsp3) is 0. The smallest absolute Gasteiger partial charge is 0.164 e. The third kappa shape index (κ3) is 5.52. The summed E-state index contributed by atoms with van der Waals surface area (Å²) in [6.07, 6.45) is 0. The molecule has 0 aliphatic rings. The molecule has 0 unspecified atom stereocenters. The Labute approximate surface area is 346 Å². The topological polar surface area (TPSA) is 48.5 Å². The summed E-state index contributed by atoms with van der Waals surface area (Å²) in [5, 5.41) is 7.41. The lowest BCUT2D eigenvalue weighted by atomic mass is 10.0. The van der Waals surface area contributed by atoms with E-state index in [2.05, 4.69) is 191 Å². The van der Waals surface area contributed by atoms with Crippen molar-refractivity contribution in [2.24, 2.45) is 0 Å². The summed E-state index contributed by atoms with van der Waals surface area (Å²) in [7, 11) is 0. The zero-order valence-corrected chi connectivity index (χ0v) is 32.4. The summed E-state index contributed by atoms with van der Waals surface area (Å²) in [6.45, 7) is 0. The average molecular weight is 766 g/mol. The van der Waals surface area contributed by atoms with E-state index in [4.69, 9.17) is 15.0 Å².